The molecule has 0 radical (unpaired) electrons. The van der Waals surface area contributed by atoms with Crippen molar-refractivity contribution in [3.63, 3.8) is 0 Å². The molecule has 8 nitrogen and oxygen atoms in total. The van der Waals surface area contributed by atoms with E-state index in [1.165, 1.54) is 22.2 Å². The highest BCUT2D eigenvalue weighted by Crippen LogP contribution is 2.36. The van der Waals surface area contributed by atoms with Crippen LogP contribution in [0, 0.1) is 5.92 Å². The molecule has 3 aromatic heterocycles. The van der Waals surface area contributed by atoms with Crippen LogP contribution in [-0.4, -0.2) is 38.6 Å². The summed E-state index contributed by atoms with van der Waals surface area (Å²) in [6.45, 7) is 6.49. The molecule has 0 fully saturated rings. The van der Waals surface area contributed by atoms with Gasteiger partial charge >= 0.3 is 0 Å². The van der Waals surface area contributed by atoms with E-state index in [0.717, 1.165) is 29.5 Å². The fourth-order valence-electron chi connectivity index (χ4n) is 3.62. The highest BCUT2D eigenvalue weighted by Gasteiger charge is 2.24. The Morgan fingerprint density at radius 2 is 2.13 bits per heavy atom. The molecular formula is C20H25N7OS2. The normalized spacial score (nSPS) is 15.9. The van der Waals surface area contributed by atoms with Gasteiger partial charge in [-0.3, -0.25) is 9.36 Å². The van der Waals surface area contributed by atoms with Crippen LogP contribution < -0.4 is 16.2 Å². The lowest BCUT2D eigenvalue weighted by Crippen LogP contribution is -2.23. The number of anilines is 2. The average molecular weight is 444 g/mol. The lowest BCUT2D eigenvalue weighted by Gasteiger charge is -2.17. The Hall–Kier alpha value is -2.46. The highest BCUT2D eigenvalue weighted by molar-refractivity contribution is 7.98. The number of thiophene rings is 1. The Kier molecular flexibility index (Phi) is 5.79. The van der Waals surface area contributed by atoms with Crippen LogP contribution >= 0.6 is 23.1 Å². The quantitative estimate of drug-likeness (QED) is 0.352. The molecule has 3 heterocycles. The molecule has 2 N–H and O–H groups in total. The standard InChI is InChI=1S/C20H25N7OS2/c1-5-8-27-17(28)15-12-7-6-11(2)9-13(12)30-16(15)24-20(27)29-10-14-22-18(21)25-19(23-14)26(3)4/h5,11H,1,6-10H2,2-4H3,(H2,21,22,23,25). The molecule has 1 aliphatic carbocycles. The van der Waals surface area contributed by atoms with Crippen molar-refractivity contribution in [3.05, 3.63) is 39.3 Å². The van der Waals surface area contributed by atoms with E-state index in [1.807, 2.05) is 14.1 Å². The highest BCUT2D eigenvalue weighted by atomic mass is 32.2. The number of nitrogens with two attached hydrogens (primary N) is 1. The first kappa shape index (κ1) is 20.8. The number of aryl methyl sites for hydroxylation is 1. The van der Waals surface area contributed by atoms with Crippen LogP contribution in [0.4, 0.5) is 11.9 Å². The van der Waals surface area contributed by atoms with Gasteiger partial charge in [-0.05, 0) is 30.7 Å². The van der Waals surface area contributed by atoms with Gasteiger partial charge < -0.3 is 10.6 Å². The Bertz CT molecular complexity index is 1170. The lowest BCUT2D eigenvalue weighted by molar-refractivity contribution is 0.509. The van der Waals surface area contributed by atoms with Gasteiger partial charge in [0.2, 0.25) is 11.9 Å². The third kappa shape index (κ3) is 3.93. The Morgan fingerprint density at radius 1 is 1.33 bits per heavy atom. The minimum absolute atomic E-state index is 0.0126. The zero-order valence-corrected chi connectivity index (χ0v) is 19.0. The molecule has 30 heavy (non-hydrogen) atoms. The third-order valence-corrected chi connectivity index (χ3v) is 7.23. The molecule has 0 saturated carbocycles. The van der Waals surface area contributed by atoms with Crippen LogP contribution in [0.5, 0.6) is 0 Å². The molecule has 0 saturated heterocycles. The molecule has 4 rings (SSSR count). The first-order valence-corrected chi connectivity index (χ1v) is 11.6. The van der Waals surface area contributed by atoms with Crippen LogP contribution in [0.25, 0.3) is 10.2 Å². The molecule has 0 bridgehead atoms. The number of thioether (sulfide) groups is 1. The number of allylic oxidation sites excluding steroid dienone is 1. The van der Waals surface area contributed by atoms with Crippen LogP contribution in [0.3, 0.4) is 0 Å². The summed E-state index contributed by atoms with van der Waals surface area (Å²) in [5, 5.41) is 1.43. The molecule has 10 heteroatoms. The molecule has 0 aliphatic heterocycles. The molecule has 158 valence electrons. The minimum Gasteiger partial charge on any atom is -0.368 e. The zero-order chi connectivity index (χ0) is 21.4. The third-order valence-electron chi connectivity index (χ3n) is 5.11. The van der Waals surface area contributed by atoms with Gasteiger partial charge in [0.15, 0.2) is 5.16 Å². The fraction of sp³-hybridized carbons (Fsp3) is 0.450. The van der Waals surface area contributed by atoms with Crippen molar-refractivity contribution in [2.45, 2.75) is 43.6 Å². The molecular weight excluding hydrogens is 418 g/mol. The Labute approximate surface area is 183 Å². The number of hydrogen-bond acceptors (Lipinski definition) is 9. The maximum absolute atomic E-state index is 13.4. The van der Waals surface area contributed by atoms with E-state index >= 15 is 0 Å². The van der Waals surface area contributed by atoms with Gasteiger partial charge in [-0.25, -0.2) is 4.98 Å². The van der Waals surface area contributed by atoms with Crippen molar-refractivity contribution >= 4 is 45.2 Å². The number of rotatable bonds is 6. The summed E-state index contributed by atoms with van der Waals surface area (Å²) >= 11 is 3.09. The van der Waals surface area contributed by atoms with Crippen molar-refractivity contribution in [3.8, 4) is 0 Å². The second kappa shape index (κ2) is 8.35. The molecule has 1 atom stereocenters. The average Bonchev–Trinajstić information content (AvgIpc) is 3.05. The van der Waals surface area contributed by atoms with Gasteiger partial charge in [-0.2, -0.15) is 15.0 Å². The summed E-state index contributed by atoms with van der Waals surface area (Å²) in [5.41, 5.74) is 7.04. The van der Waals surface area contributed by atoms with E-state index in [2.05, 4.69) is 28.5 Å². The van der Waals surface area contributed by atoms with Gasteiger partial charge in [0.25, 0.3) is 5.56 Å². The van der Waals surface area contributed by atoms with E-state index in [-0.39, 0.29) is 11.5 Å². The number of nitrogen functional groups attached to an aromatic ring is 1. The van der Waals surface area contributed by atoms with Crippen LogP contribution in [0.15, 0.2) is 22.6 Å². The van der Waals surface area contributed by atoms with Gasteiger partial charge in [0, 0.05) is 25.5 Å². The smallest absolute Gasteiger partial charge is 0.263 e. The predicted octanol–water partition coefficient (Wildman–Crippen LogP) is 2.89. The van der Waals surface area contributed by atoms with E-state index in [9.17, 15) is 4.79 Å². The summed E-state index contributed by atoms with van der Waals surface area (Å²) in [4.78, 5) is 34.9. The molecule has 1 unspecified atom stereocenters. The van der Waals surface area contributed by atoms with Crippen molar-refractivity contribution in [1.29, 1.82) is 0 Å². The van der Waals surface area contributed by atoms with E-state index in [4.69, 9.17) is 10.7 Å². The Morgan fingerprint density at radius 3 is 2.87 bits per heavy atom. The van der Waals surface area contributed by atoms with Gasteiger partial charge in [0.05, 0.1) is 11.1 Å². The van der Waals surface area contributed by atoms with Gasteiger partial charge in [-0.15, -0.1) is 17.9 Å². The Balaban J connectivity index is 1.73. The number of nitrogens with zero attached hydrogens (tertiary/aromatic N) is 6. The molecule has 0 aromatic carbocycles. The second-order valence-electron chi connectivity index (χ2n) is 7.72. The summed E-state index contributed by atoms with van der Waals surface area (Å²) in [5.74, 6) is 2.32. The van der Waals surface area contributed by atoms with Crippen molar-refractivity contribution < 1.29 is 0 Å². The SMILES string of the molecule is C=CCn1c(SCc2nc(N)nc(N(C)C)n2)nc2sc3c(c2c1=O)CCC(C)C3. The maximum Gasteiger partial charge on any atom is 0.263 e. The largest absolute Gasteiger partial charge is 0.368 e. The second-order valence-corrected chi connectivity index (χ2v) is 9.75. The zero-order valence-electron chi connectivity index (χ0n) is 17.4. The first-order chi connectivity index (χ1) is 14.4. The molecule has 3 aromatic rings. The first-order valence-electron chi connectivity index (χ1n) is 9.84. The van der Waals surface area contributed by atoms with Crippen LogP contribution in [0.2, 0.25) is 0 Å². The van der Waals surface area contributed by atoms with E-state index in [1.54, 1.807) is 26.9 Å². The summed E-state index contributed by atoms with van der Waals surface area (Å²) < 4.78 is 1.70. The van der Waals surface area contributed by atoms with E-state index < -0.39 is 0 Å². The molecule has 1 aliphatic rings. The monoisotopic (exact) mass is 443 g/mol. The lowest BCUT2D eigenvalue weighted by atomic mass is 9.89. The summed E-state index contributed by atoms with van der Waals surface area (Å²) in [6.07, 6.45) is 4.82. The van der Waals surface area contributed by atoms with Gasteiger partial charge in [-0.1, -0.05) is 24.8 Å². The van der Waals surface area contributed by atoms with Crippen molar-refractivity contribution in [2.24, 2.45) is 5.92 Å². The maximum atomic E-state index is 13.4. The summed E-state index contributed by atoms with van der Waals surface area (Å²) in [6, 6.07) is 0. The topological polar surface area (TPSA) is 103 Å². The minimum atomic E-state index is 0.0126. The van der Waals surface area contributed by atoms with Gasteiger partial charge in [0.1, 0.15) is 10.7 Å². The van der Waals surface area contributed by atoms with Crippen molar-refractivity contribution in [2.75, 3.05) is 24.7 Å². The van der Waals surface area contributed by atoms with E-state index in [0.29, 0.717) is 35.1 Å². The molecule has 0 spiro atoms. The predicted molar refractivity (Wildman–Crippen MR) is 123 cm³/mol. The van der Waals surface area contributed by atoms with Crippen LogP contribution in [-0.2, 0) is 25.1 Å². The van der Waals surface area contributed by atoms with Crippen LogP contribution in [0.1, 0.15) is 29.6 Å². The summed E-state index contributed by atoms with van der Waals surface area (Å²) in [7, 11) is 3.70. The van der Waals surface area contributed by atoms with Crippen molar-refractivity contribution in [1.82, 2.24) is 24.5 Å². The molecule has 0 amide bonds. The number of hydrogen-bond donors (Lipinski definition) is 1. The number of fused-ring (bicyclic) bond motifs is 3. The number of aromatic nitrogens is 5. The fourth-order valence-corrected chi connectivity index (χ4v) is 5.91.